The van der Waals surface area contributed by atoms with Gasteiger partial charge in [-0.15, -0.1) is 0 Å². The zero-order valence-electron chi connectivity index (χ0n) is 14.8. The van der Waals surface area contributed by atoms with E-state index in [-0.39, 0.29) is 12.5 Å². The lowest BCUT2D eigenvalue weighted by molar-refractivity contribution is -0.154. The first-order valence-corrected chi connectivity index (χ1v) is 8.73. The lowest BCUT2D eigenvalue weighted by Gasteiger charge is -2.14. The van der Waals surface area contributed by atoms with Crippen molar-refractivity contribution in [3.05, 3.63) is 64.7 Å². The Labute approximate surface area is 158 Å². The second-order valence-electron chi connectivity index (χ2n) is 5.91. The molecule has 1 N–H and O–H groups in total. The minimum absolute atomic E-state index is 0.332. The van der Waals surface area contributed by atoms with Crippen LogP contribution in [0.15, 0.2) is 48.5 Å². The molecule has 1 atom stereocenters. The molecule has 0 unspecified atom stereocenters. The van der Waals surface area contributed by atoms with Crippen molar-refractivity contribution < 1.29 is 19.1 Å². The summed E-state index contributed by atoms with van der Waals surface area (Å²) in [5.41, 5.74) is 2.09. The first kappa shape index (κ1) is 19.8. The summed E-state index contributed by atoms with van der Waals surface area (Å²) in [4.78, 5) is 23.7. The van der Waals surface area contributed by atoms with Gasteiger partial charge in [0.1, 0.15) is 5.75 Å². The van der Waals surface area contributed by atoms with Gasteiger partial charge in [-0.2, -0.15) is 0 Å². The van der Waals surface area contributed by atoms with Crippen molar-refractivity contribution in [2.75, 3.05) is 13.2 Å². The number of hydrogen-bond donors (Lipinski definition) is 1. The Morgan fingerprint density at radius 1 is 1.15 bits per heavy atom. The molecular weight excluding hydrogens is 354 g/mol. The quantitative estimate of drug-likeness (QED) is 0.719. The molecule has 0 heterocycles. The molecule has 0 spiro atoms. The van der Waals surface area contributed by atoms with Gasteiger partial charge in [-0.1, -0.05) is 35.9 Å². The first-order chi connectivity index (χ1) is 12.4. The van der Waals surface area contributed by atoms with Gasteiger partial charge in [0.2, 0.25) is 0 Å². The minimum Gasteiger partial charge on any atom is -0.479 e. The molecule has 138 valence electrons. The van der Waals surface area contributed by atoms with Crippen LogP contribution in [0, 0.1) is 6.92 Å². The average Bonchev–Trinajstić information content (AvgIpc) is 2.61. The number of nitrogens with one attached hydrogen (secondary N) is 1. The maximum Gasteiger partial charge on any atom is 0.347 e. The van der Waals surface area contributed by atoms with E-state index in [4.69, 9.17) is 21.1 Å². The molecule has 0 bridgehead atoms. The lowest BCUT2D eigenvalue weighted by Crippen LogP contribution is -2.33. The van der Waals surface area contributed by atoms with E-state index in [0.717, 1.165) is 11.1 Å². The van der Waals surface area contributed by atoms with E-state index < -0.39 is 12.1 Å². The van der Waals surface area contributed by atoms with Gasteiger partial charge in [0, 0.05) is 11.6 Å². The van der Waals surface area contributed by atoms with Gasteiger partial charge in [0.05, 0.1) is 0 Å². The van der Waals surface area contributed by atoms with Crippen molar-refractivity contribution in [3.8, 4) is 5.75 Å². The van der Waals surface area contributed by atoms with Crippen LogP contribution in [-0.2, 0) is 20.7 Å². The zero-order valence-corrected chi connectivity index (χ0v) is 15.6. The number of halogens is 1. The van der Waals surface area contributed by atoms with Crippen molar-refractivity contribution in [3.63, 3.8) is 0 Å². The summed E-state index contributed by atoms with van der Waals surface area (Å²) in [5.74, 6) is -0.351. The van der Waals surface area contributed by atoms with Gasteiger partial charge in [0.15, 0.2) is 12.7 Å². The summed E-state index contributed by atoms with van der Waals surface area (Å²) < 4.78 is 10.5. The second kappa shape index (κ2) is 9.82. The highest BCUT2D eigenvalue weighted by Crippen LogP contribution is 2.14. The molecule has 0 fully saturated rings. The van der Waals surface area contributed by atoms with Crippen molar-refractivity contribution >= 4 is 23.5 Å². The Bertz CT molecular complexity index is 746. The Kier molecular flexibility index (Phi) is 7.48. The minimum atomic E-state index is -0.793. The predicted octanol–water partition coefficient (Wildman–Crippen LogP) is 3.32. The fourth-order valence-corrected chi connectivity index (χ4v) is 2.37. The van der Waals surface area contributed by atoms with Crippen LogP contribution in [0.2, 0.25) is 5.02 Å². The summed E-state index contributed by atoms with van der Waals surface area (Å²) in [6, 6.07) is 14.8. The number of hydrogen-bond acceptors (Lipinski definition) is 4. The molecule has 2 aromatic carbocycles. The average molecular weight is 376 g/mol. The maximum absolute atomic E-state index is 11.9. The van der Waals surface area contributed by atoms with Crippen LogP contribution in [0.4, 0.5) is 0 Å². The van der Waals surface area contributed by atoms with Crippen LogP contribution in [0.5, 0.6) is 5.75 Å². The van der Waals surface area contributed by atoms with Gasteiger partial charge >= 0.3 is 5.97 Å². The van der Waals surface area contributed by atoms with Crippen molar-refractivity contribution in [2.45, 2.75) is 26.4 Å². The van der Waals surface area contributed by atoms with Gasteiger partial charge in [-0.05, 0) is 55.7 Å². The molecule has 5 nitrogen and oxygen atoms in total. The molecule has 0 aliphatic heterocycles. The summed E-state index contributed by atoms with van der Waals surface area (Å²) in [6.45, 7) is 3.64. The maximum atomic E-state index is 11.9. The van der Waals surface area contributed by atoms with Crippen LogP contribution >= 0.6 is 11.6 Å². The predicted molar refractivity (Wildman–Crippen MR) is 100 cm³/mol. The Morgan fingerprint density at radius 2 is 1.88 bits per heavy atom. The lowest BCUT2D eigenvalue weighted by atomic mass is 10.1. The molecule has 2 rings (SSSR count). The Morgan fingerprint density at radius 3 is 2.58 bits per heavy atom. The number of rotatable bonds is 8. The first-order valence-electron chi connectivity index (χ1n) is 8.35. The molecule has 6 heteroatoms. The standard InChI is InChI=1S/C20H22ClNO4/c1-14-4-3-5-18(12-14)26-15(2)20(24)25-13-19(23)22-11-10-16-6-8-17(21)9-7-16/h3-9,12,15H,10-11,13H2,1-2H3,(H,22,23)/t15-/m1/s1. The van der Waals surface area contributed by atoms with E-state index in [1.165, 1.54) is 0 Å². The highest BCUT2D eigenvalue weighted by Gasteiger charge is 2.17. The third kappa shape index (κ3) is 6.76. The molecule has 2 aromatic rings. The van der Waals surface area contributed by atoms with E-state index in [1.54, 1.807) is 25.1 Å². The number of amides is 1. The Balaban J connectivity index is 1.67. The topological polar surface area (TPSA) is 64.6 Å². The number of aryl methyl sites for hydroxylation is 1. The monoisotopic (exact) mass is 375 g/mol. The number of carbonyl (C=O) groups excluding carboxylic acids is 2. The van der Waals surface area contributed by atoms with E-state index in [9.17, 15) is 9.59 Å². The second-order valence-corrected chi connectivity index (χ2v) is 6.35. The number of carbonyl (C=O) groups is 2. The van der Waals surface area contributed by atoms with E-state index in [2.05, 4.69) is 5.32 Å². The van der Waals surface area contributed by atoms with Crippen LogP contribution in [-0.4, -0.2) is 31.1 Å². The Hall–Kier alpha value is -2.53. The van der Waals surface area contributed by atoms with E-state index in [0.29, 0.717) is 23.7 Å². The van der Waals surface area contributed by atoms with Crippen LogP contribution < -0.4 is 10.1 Å². The van der Waals surface area contributed by atoms with E-state index >= 15 is 0 Å². The summed E-state index contributed by atoms with van der Waals surface area (Å²) >= 11 is 5.82. The molecule has 0 saturated heterocycles. The number of benzene rings is 2. The normalized spacial score (nSPS) is 11.5. The summed E-state index contributed by atoms with van der Waals surface area (Å²) in [7, 11) is 0. The zero-order chi connectivity index (χ0) is 18.9. The van der Waals surface area contributed by atoms with Gasteiger partial charge < -0.3 is 14.8 Å². The van der Waals surface area contributed by atoms with E-state index in [1.807, 2.05) is 37.3 Å². The molecule has 0 radical (unpaired) electrons. The van der Waals surface area contributed by atoms with Gasteiger partial charge in [0.25, 0.3) is 5.91 Å². The molecule has 1 amide bonds. The smallest absolute Gasteiger partial charge is 0.347 e. The summed E-state index contributed by atoms with van der Waals surface area (Å²) in [5, 5.41) is 3.38. The molecule has 0 aliphatic carbocycles. The van der Waals surface area contributed by atoms with Gasteiger partial charge in [-0.3, -0.25) is 4.79 Å². The third-order valence-electron chi connectivity index (χ3n) is 3.63. The largest absolute Gasteiger partial charge is 0.479 e. The highest BCUT2D eigenvalue weighted by atomic mass is 35.5. The highest BCUT2D eigenvalue weighted by molar-refractivity contribution is 6.30. The SMILES string of the molecule is Cc1cccc(O[C@H](C)C(=O)OCC(=O)NCCc2ccc(Cl)cc2)c1. The van der Waals surface area contributed by atoms with Crippen molar-refractivity contribution in [1.82, 2.24) is 5.32 Å². The van der Waals surface area contributed by atoms with Crippen LogP contribution in [0.25, 0.3) is 0 Å². The van der Waals surface area contributed by atoms with Crippen molar-refractivity contribution in [2.24, 2.45) is 0 Å². The van der Waals surface area contributed by atoms with Gasteiger partial charge in [-0.25, -0.2) is 4.79 Å². The van der Waals surface area contributed by atoms with Crippen LogP contribution in [0.3, 0.4) is 0 Å². The van der Waals surface area contributed by atoms with Crippen molar-refractivity contribution in [1.29, 1.82) is 0 Å². The summed E-state index contributed by atoms with van der Waals surface area (Å²) in [6.07, 6.45) is -0.123. The molecular formula is C20H22ClNO4. The fourth-order valence-electron chi connectivity index (χ4n) is 2.24. The number of esters is 1. The van der Waals surface area contributed by atoms with Crippen LogP contribution in [0.1, 0.15) is 18.1 Å². The fraction of sp³-hybridized carbons (Fsp3) is 0.300. The molecule has 26 heavy (non-hydrogen) atoms. The third-order valence-corrected chi connectivity index (χ3v) is 3.88. The molecule has 0 saturated carbocycles. The molecule has 0 aromatic heterocycles. The number of ether oxygens (including phenoxy) is 2. The molecule has 0 aliphatic rings.